The van der Waals surface area contributed by atoms with E-state index in [9.17, 15) is 10.2 Å². The van der Waals surface area contributed by atoms with Gasteiger partial charge in [-0.05, 0) is 51.4 Å². The maximum absolute atomic E-state index is 9.34. The molecule has 0 bridgehead atoms. The van der Waals surface area contributed by atoms with Crippen LogP contribution in [-0.4, -0.2) is 71.5 Å². The minimum atomic E-state index is 0.320. The summed E-state index contributed by atoms with van der Waals surface area (Å²) in [7, 11) is 0. The van der Waals surface area contributed by atoms with Crippen LogP contribution in [0.15, 0.2) is 12.2 Å². The normalized spacial score (nSPS) is 35.3. The number of hydrogen-bond acceptors (Lipinski definition) is 4. The average molecular weight is 310 g/mol. The molecule has 2 rings (SSSR count). The Morgan fingerprint density at radius 1 is 0.773 bits per heavy atom. The molecule has 0 aromatic rings. The van der Waals surface area contributed by atoms with E-state index in [0.29, 0.717) is 37.1 Å². The van der Waals surface area contributed by atoms with Crippen LogP contribution >= 0.6 is 0 Å². The van der Waals surface area contributed by atoms with Crippen molar-refractivity contribution in [2.45, 2.75) is 51.6 Å². The van der Waals surface area contributed by atoms with E-state index in [4.69, 9.17) is 0 Å². The van der Waals surface area contributed by atoms with Gasteiger partial charge in [0.1, 0.15) is 0 Å². The zero-order valence-corrected chi connectivity index (χ0v) is 14.3. The molecule has 0 aromatic heterocycles. The van der Waals surface area contributed by atoms with Crippen LogP contribution in [0.4, 0.5) is 0 Å². The minimum Gasteiger partial charge on any atom is -0.396 e. The van der Waals surface area contributed by atoms with Crippen LogP contribution in [0.5, 0.6) is 0 Å². The summed E-state index contributed by atoms with van der Waals surface area (Å²) in [5.41, 5.74) is 0. The van der Waals surface area contributed by atoms with Gasteiger partial charge in [-0.15, -0.1) is 0 Å². The van der Waals surface area contributed by atoms with E-state index < -0.39 is 0 Å². The predicted octanol–water partition coefficient (Wildman–Crippen LogP) is 1.73. The molecule has 0 spiro atoms. The highest BCUT2D eigenvalue weighted by molar-refractivity contribution is 4.92. The number of nitrogens with zero attached hydrogens (tertiary/aromatic N) is 2. The Hall–Kier alpha value is -0.420. The summed E-state index contributed by atoms with van der Waals surface area (Å²) in [6.45, 7) is 9.25. The van der Waals surface area contributed by atoms with Crippen LogP contribution in [0.25, 0.3) is 0 Å². The maximum atomic E-state index is 9.34. The summed E-state index contributed by atoms with van der Waals surface area (Å²) in [4.78, 5) is 4.97. The van der Waals surface area contributed by atoms with Gasteiger partial charge in [-0.25, -0.2) is 0 Å². The Morgan fingerprint density at radius 3 is 1.55 bits per heavy atom. The second-order valence-corrected chi connectivity index (χ2v) is 7.33. The standard InChI is InChI=1S/C18H34N2O2/c1-15-5-7-17(13-21)11-19(15)9-3-4-10-20-12-18(14-22)8-6-16(20)2/h3-4,15-18,21-22H,5-14H2,1-2H3/b4-3+/t15-,16+,17+,18-. The third kappa shape index (κ3) is 5.05. The number of likely N-dealkylation sites (tertiary alicyclic amines) is 2. The van der Waals surface area contributed by atoms with Crippen molar-refractivity contribution in [3.63, 3.8) is 0 Å². The van der Waals surface area contributed by atoms with Crippen LogP contribution in [0.2, 0.25) is 0 Å². The Labute approximate surface area is 135 Å². The fraction of sp³-hybridized carbons (Fsp3) is 0.889. The Balaban J connectivity index is 1.74. The van der Waals surface area contributed by atoms with Gasteiger partial charge in [-0.1, -0.05) is 12.2 Å². The minimum absolute atomic E-state index is 0.320. The number of hydrogen-bond donors (Lipinski definition) is 2. The van der Waals surface area contributed by atoms with Gasteiger partial charge in [-0.3, -0.25) is 9.80 Å². The molecule has 2 heterocycles. The summed E-state index contributed by atoms with van der Waals surface area (Å²) in [6, 6.07) is 1.25. The van der Waals surface area contributed by atoms with Crippen molar-refractivity contribution in [3.8, 4) is 0 Å². The quantitative estimate of drug-likeness (QED) is 0.734. The molecule has 4 nitrogen and oxygen atoms in total. The lowest BCUT2D eigenvalue weighted by Crippen LogP contribution is -2.43. The summed E-state index contributed by atoms with van der Waals surface area (Å²) >= 11 is 0. The monoisotopic (exact) mass is 310 g/mol. The molecule has 2 fully saturated rings. The Kier molecular flexibility index (Phi) is 7.35. The Bertz CT molecular complexity index is 316. The highest BCUT2D eigenvalue weighted by atomic mass is 16.3. The summed E-state index contributed by atoms with van der Waals surface area (Å²) in [5.74, 6) is 0.911. The molecule has 128 valence electrons. The van der Waals surface area contributed by atoms with Crippen LogP contribution in [0, 0.1) is 11.8 Å². The molecule has 0 unspecified atom stereocenters. The first-order valence-corrected chi connectivity index (χ1v) is 8.98. The van der Waals surface area contributed by atoms with Gasteiger partial charge in [0, 0.05) is 51.5 Å². The van der Waals surface area contributed by atoms with E-state index in [1.807, 2.05) is 0 Å². The van der Waals surface area contributed by atoms with Gasteiger partial charge in [-0.2, -0.15) is 0 Å². The number of rotatable bonds is 6. The lowest BCUT2D eigenvalue weighted by atomic mass is 9.94. The molecular weight excluding hydrogens is 276 g/mol. The van der Waals surface area contributed by atoms with Crippen molar-refractivity contribution in [1.82, 2.24) is 9.80 Å². The molecule has 22 heavy (non-hydrogen) atoms. The zero-order chi connectivity index (χ0) is 15.9. The van der Waals surface area contributed by atoms with Gasteiger partial charge < -0.3 is 10.2 Å². The third-order valence-electron chi connectivity index (χ3n) is 5.58. The van der Waals surface area contributed by atoms with E-state index in [1.54, 1.807) is 0 Å². The number of aliphatic hydroxyl groups is 2. The Morgan fingerprint density at radius 2 is 1.18 bits per heavy atom. The van der Waals surface area contributed by atoms with Crippen molar-refractivity contribution in [2.24, 2.45) is 11.8 Å². The summed E-state index contributed by atoms with van der Waals surface area (Å²) < 4.78 is 0. The van der Waals surface area contributed by atoms with Crippen molar-refractivity contribution in [1.29, 1.82) is 0 Å². The van der Waals surface area contributed by atoms with Crippen molar-refractivity contribution in [2.75, 3.05) is 39.4 Å². The van der Waals surface area contributed by atoms with Crippen LogP contribution in [0.1, 0.15) is 39.5 Å². The topological polar surface area (TPSA) is 46.9 Å². The molecule has 0 radical (unpaired) electrons. The highest BCUT2D eigenvalue weighted by Crippen LogP contribution is 2.22. The molecule has 4 heteroatoms. The lowest BCUT2D eigenvalue weighted by Gasteiger charge is -2.37. The van der Waals surface area contributed by atoms with Crippen molar-refractivity contribution >= 4 is 0 Å². The molecule has 4 atom stereocenters. The maximum Gasteiger partial charge on any atom is 0.0471 e. The average Bonchev–Trinajstić information content (AvgIpc) is 2.54. The fourth-order valence-electron chi connectivity index (χ4n) is 3.75. The van der Waals surface area contributed by atoms with Gasteiger partial charge in [0.2, 0.25) is 0 Å². The molecule has 2 aliphatic rings. The summed E-state index contributed by atoms with van der Waals surface area (Å²) in [6.07, 6.45) is 9.27. The van der Waals surface area contributed by atoms with Gasteiger partial charge in [0.05, 0.1) is 0 Å². The molecule has 0 saturated carbocycles. The van der Waals surface area contributed by atoms with E-state index in [2.05, 4.69) is 35.8 Å². The number of aliphatic hydroxyl groups excluding tert-OH is 2. The number of piperidine rings is 2. The van der Waals surface area contributed by atoms with Gasteiger partial charge in [0.25, 0.3) is 0 Å². The molecular formula is C18H34N2O2. The van der Waals surface area contributed by atoms with E-state index in [-0.39, 0.29) is 0 Å². The predicted molar refractivity (Wildman–Crippen MR) is 90.8 cm³/mol. The molecule has 2 saturated heterocycles. The third-order valence-corrected chi connectivity index (χ3v) is 5.58. The molecule has 2 N–H and O–H groups in total. The smallest absolute Gasteiger partial charge is 0.0471 e. The van der Waals surface area contributed by atoms with E-state index in [1.165, 1.54) is 12.8 Å². The SMILES string of the molecule is C[C@@H]1CC[C@H](CO)CN1C/C=C/CN1C[C@H](CO)CC[C@@H]1C. The first-order chi connectivity index (χ1) is 10.6. The van der Waals surface area contributed by atoms with Crippen molar-refractivity contribution in [3.05, 3.63) is 12.2 Å². The molecule has 2 aliphatic heterocycles. The van der Waals surface area contributed by atoms with E-state index in [0.717, 1.165) is 39.0 Å². The van der Waals surface area contributed by atoms with Gasteiger partial charge >= 0.3 is 0 Å². The first kappa shape index (κ1) is 17.9. The lowest BCUT2D eigenvalue weighted by molar-refractivity contribution is 0.0895. The van der Waals surface area contributed by atoms with Crippen LogP contribution in [0.3, 0.4) is 0 Å². The summed E-state index contributed by atoms with van der Waals surface area (Å²) in [5, 5.41) is 18.7. The van der Waals surface area contributed by atoms with Crippen molar-refractivity contribution < 1.29 is 10.2 Å². The highest BCUT2D eigenvalue weighted by Gasteiger charge is 2.25. The molecule has 0 amide bonds. The van der Waals surface area contributed by atoms with E-state index >= 15 is 0 Å². The second-order valence-electron chi connectivity index (χ2n) is 7.33. The first-order valence-electron chi connectivity index (χ1n) is 8.98. The molecule has 0 aliphatic carbocycles. The fourth-order valence-corrected chi connectivity index (χ4v) is 3.75. The second kappa shape index (κ2) is 9.02. The van der Waals surface area contributed by atoms with Crippen LogP contribution in [-0.2, 0) is 0 Å². The van der Waals surface area contributed by atoms with Gasteiger partial charge in [0.15, 0.2) is 0 Å². The molecule has 0 aromatic carbocycles. The largest absolute Gasteiger partial charge is 0.396 e. The van der Waals surface area contributed by atoms with Crippen LogP contribution < -0.4 is 0 Å². The zero-order valence-electron chi connectivity index (χ0n) is 14.3.